The van der Waals surface area contributed by atoms with E-state index in [2.05, 4.69) is 0 Å². The number of aliphatic hydroxyl groups is 4. The van der Waals surface area contributed by atoms with Crippen molar-refractivity contribution in [2.45, 2.75) is 0 Å². The van der Waals surface area contributed by atoms with Crippen LogP contribution in [0.4, 0.5) is 0 Å². The summed E-state index contributed by atoms with van der Waals surface area (Å²) in [6, 6.07) is 0. The second-order valence-electron chi connectivity index (χ2n) is 1.91. The third-order valence-corrected chi connectivity index (χ3v) is 3.60. The molecule has 0 atom stereocenters. The average Bonchev–Trinajstić information content (AvgIpc) is 1.95. The van der Waals surface area contributed by atoms with Crippen LogP contribution in [0.1, 0.15) is 0 Å². The Morgan fingerprint density at radius 3 is 0.900 bits per heavy atom. The van der Waals surface area contributed by atoms with Crippen LogP contribution in [0.2, 0.25) is 0 Å². The lowest BCUT2D eigenvalue weighted by atomic mass is 11.6. The van der Waals surface area contributed by atoms with Gasteiger partial charge in [-0.1, -0.05) is 0 Å². The van der Waals surface area contributed by atoms with Crippen molar-refractivity contribution in [3.63, 3.8) is 0 Å². The van der Waals surface area contributed by atoms with Crippen LogP contribution < -0.4 is 0 Å². The number of hydrogen-bond donors (Lipinski definition) is 4. The molecule has 4 N–H and O–H groups in total. The van der Waals surface area contributed by atoms with E-state index in [0.29, 0.717) is 0 Å². The van der Waals surface area contributed by atoms with Crippen molar-refractivity contribution in [1.82, 2.24) is 0 Å². The molecule has 0 heterocycles. The topological polar surface area (TPSA) is 80.9 Å². The normalized spacial score (nSPS) is 10.8. The zero-order valence-electron chi connectivity index (χ0n) is 5.51. The lowest BCUT2D eigenvalue weighted by Crippen LogP contribution is -2.10. The molecule has 0 unspecified atom stereocenters. The van der Waals surface area contributed by atoms with Gasteiger partial charge >= 0.3 is 0 Å². The highest BCUT2D eigenvalue weighted by Gasteiger charge is 2.34. The highest BCUT2D eigenvalue weighted by Crippen LogP contribution is 2.54. The fourth-order valence-electron chi connectivity index (χ4n) is 0.268. The summed E-state index contributed by atoms with van der Waals surface area (Å²) < 4.78 is 0. The van der Waals surface area contributed by atoms with E-state index in [1.54, 1.807) is 0 Å². The van der Waals surface area contributed by atoms with E-state index in [9.17, 15) is 0 Å². The van der Waals surface area contributed by atoms with Gasteiger partial charge in [0.1, 0.15) is 7.26 Å². The van der Waals surface area contributed by atoms with Crippen molar-refractivity contribution in [3.05, 3.63) is 0 Å². The molecule has 0 saturated carbocycles. The quantitative estimate of drug-likeness (QED) is 0.246. The second kappa shape index (κ2) is 6.34. The van der Waals surface area contributed by atoms with Crippen LogP contribution in [-0.2, 0) is 13.5 Å². The molecule has 0 aromatic heterocycles. The largest absolute Gasteiger partial charge is 0.813 e. The van der Waals surface area contributed by atoms with Gasteiger partial charge in [0.15, 0.2) is 25.4 Å². The van der Waals surface area contributed by atoms with Crippen LogP contribution in [0.5, 0.6) is 0 Å². The van der Waals surface area contributed by atoms with Gasteiger partial charge < -0.3 is 33.9 Å². The summed E-state index contributed by atoms with van der Waals surface area (Å²) in [5.41, 5.74) is 0. The van der Waals surface area contributed by atoms with E-state index in [1.807, 2.05) is 0 Å². The molecule has 4 nitrogen and oxygen atoms in total. The van der Waals surface area contributed by atoms with Gasteiger partial charge in [-0.05, 0) is 0 Å². The SMILES string of the molecule is OC[P+](CO)(CO)CO.[SH-]. The monoisotopic (exact) mass is 188 g/mol. The van der Waals surface area contributed by atoms with E-state index in [4.69, 9.17) is 20.4 Å². The Kier molecular flexibility index (Phi) is 8.38. The van der Waals surface area contributed by atoms with Crippen molar-refractivity contribution < 1.29 is 20.4 Å². The molecule has 0 amide bonds. The van der Waals surface area contributed by atoms with E-state index in [-0.39, 0.29) is 38.9 Å². The predicted octanol–water partition coefficient (Wildman–Crippen LogP) is -1.47. The first kappa shape index (κ1) is 13.2. The summed E-state index contributed by atoms with van der Waals surface area (Å²) in [6.45, 7) is 0. The van der Waals surface area contributed by atoms with Gasteiger partial charge in [0.05, 0.1) is 0 Å². The molecule has 64 valence electrons. The van der Waals surface area contributed by atoms with Crippen LogP contribution in [0.25, 0.3) is 0 Å². The van der Waals surface area contributed by atoms with Crippen LogP contribution in [-0.4, -0.2) is 45.8 Å². The van der Waals surface area contributed by atoms with Gasteiger partial charge in [0.2, 0.25) is 0 Å². The lowest BCUT2D eigenvalue weighted by molar-refractivity contribution is 0.288. The molecule has 0 bridgehead atoms. The molecule has 0 aromatic rings. The Morgan fingerprint density at radius 1 is 0.700 bits per heavy atom. The molecule has 0 radical (unpaired) electrons. The van der Waals surface area contributed by atoms with E-state index in [1.165, 1.54) is 0 Å². The van der Waals surface area contributed by atoms with Crippen molar-refractivity contribution in [1.29, 1.82) is 0 Å². The zero-order valence-corrected chi connectivity index (χ0v) is 7.30. The van der Waals surface area contributed by atoms with Crippen LogP contribution in [0.3, 0.4) is 0 Å². The maximum absolute atomic E-state index is 8.55. The number of aliphatic hydroxyl groups excluding tert-OH is 4. The first-order chi connectivity index (χ1) is 4.24. The summed E-state index contributed by atoms with van der Waals surface area (Å²) in [4.78, 5) is 0. The summed E-state index contributed by atoms with van der Waals surface area (Å²) in [7, 11) is -2.20. The number of hydrogen-bond acceptors (Lipinski definition) is 5. The molecule has 0 fully saturated rings. The maximum atomic E-state index is 8.55. The van der Waals surface area contributed by atoms with Gasteiger partial charge in [-0.15, -0.1) is 0 Å². The Labute approximate surface area is 67.3 Å². The van der Waals surface area contributed by atoms with Crippen molar-refractivity contribution in [2.75, 3.05) is 25.4 Å². The fraction of sp³-hybridized carbons (Fsp3) is 1.00. The first-order valence-corrected chi connectivity index (χ1v) is 5.06. The van der Waals surface area contributed by atoms with Gasteiger partial charge in [-0.2, -0.15) is 0 Å². The maximum Gasteiger partial charge on any atom is 0.161 e. The first-order valence-electron chi connectivity index (χ1n) is 2.53. The summed E-state index contributed by atoms with van der Waals surface area (Å²) in [5.74, 6) is 0. The Bertz CT molecular complexity index is 60.1. The van der Waals surface area contributed by atoms with Crippen LogP contribution in [0, 0.1) is 0 Å². The highest BCUT2D eigenvalue weighted by molar-refractivity contribution is 7.75. The van der Waals surface area contributed by atoms with Gasteiger partial charge in [0.25, 0.3) is 0 Å². The molecule has 0 spiro atoms. The molecule has 10 heavy (non-hydrogen) atoms. The molecule has 0 aliphatic carbocycles. The smallest absolute Gasteiger partial charge is 0.161 e. The zero-order chi connectivity index (χ0) is 7.33. The predicted molar refractivity (Wildman–Crippen MR) is 44.0 cm³/mol. The van der Waals surface area contributed by atoms with Crippen molar-refractivity contribution in [3.8, 4) is 0 Å². The molecule has 0 aromatic carbocycles. The highest BCUT2D eigenvalue weighted by atomic mass is 32.1. The molecular formula is C4H13O4PS. The lowest BCUT2D eigenvalue weighted by Gasteiger charge is -2.15. The molecule has 0 saturated heterocycles. The number of thiol groups is 1. The molecule has 0 aliphatic heterocycles. The Balaban J connectivity index is 0. The minimum atomic E-state index is -2.20. The standard InChI is InChI=1S/C4H12O4P.H2S/c5-1-9(2-6,3-7)4-8;/h5-8H,1-4H2;1H2/q+1;/p-1. The summed E-state index contributed by atoms with van der Waals surface area (Å²) in [5, 5.41) is 34.2. The Morgan fingerprint density at radius 2 is 0.900 bits per heavy atom. The molecule has 0 rings (SSSR count). The number of rotatable bonds is 4. The van der Waals surface area contributed by atoms with E-state index < -0.39 is 7.26 Å². The molecule has 6 heteroatoms. The minimum absolute atomic E-state index is 0. The van der Waals surface area contributed by atoms with E-state index >= 15 is 0 Å². The summed E-state index contributed by atoms with van der Waals surface area (Å²) in [6.07, 6.45) is -1.18. The second-order valence-corrected chi connectivity index (χ2v) is 5.72. The van der Waals surface area contributed by atoms with Gasteiger partial charge in [-0.3, -0.25) is 0 Å². The minimum Gasteiger partial charge on any atom is -0.813 e. The molecule has 0 aliphatic rings. The van der Waals surface area contributed by atoms with E-state index in [0.717, 1.165) is 0 Å². The van der Waals surface area contributed by atoms with Gasteiger partial charge in [-0.25, -0.2) is 0 Å². The van der Waals surface area contributed by atoms with Crippen molar-refractivity contribution >= 4 is 20.8 Å². The third-order valence-electron chi connectivity index (χ3n) is 1.20. The molecular weight excluding hydrogens is 175 g/mol. The van der Waals surface area contributed by atoms with Gasteiger partial charge in [0, 0.05) is 0 Å². The van der Waals surface area contributed by atoms with Crippen LogP contribution >= 0.6 is 7.26 Å². The van der Waals surface area contributed by atoms with Crippen LogP contribution in [0.15, 0.2) is 0 Å². The average molecular weight is 188 g/mol. The Hall–Kier alpha value is 0.620. The third kappa shape index (κ3) is 3.14. The fourth-order valence-corrected chi connectivity index (χ4v) is 0.805. The van der Waals surface area contributed by atoms with Crippen molar-refractivity contribution in [2.24, 2.45) is 0 Å². The summed E-state index contributed by atoms with van der Waals surface area (Å²) >= 11 is 0.